The third-order valence-electron chi connectivity index (χ3n) is 4.28. The van der Waals surface area contributed by atoms with Crippen molar-refractivity contribution >= 4 is 11.6 Å². The number of rotatable bonds is 8. The molecule has 1 aliphatic rings. The van der Waals surface area contributed by atoms with Crippen molar-refractivity contribution < 1.29 is 19.1 Å². The van der Waals surface area contributed by atoms with Crippen LogP contribution in [0.5, 0.6) is 11.5 Å². The Bertz CT molecular complexity index is 785. The predicted octanol–water partition coefficient (Wildman–Crippen LogP) is 2.89. The number of carbonyl (C=O) groups excluding carboxylic acids is 1. The maximum absolute atomic E-state index is 11.9. The summed E-state index contributed by atoms with van der Waals surface area (Å²) in [5.41, 5.74) is 3.26. The van der Waals surface area contributed by atoms with Crippen molar-refractivity contribution in [3.05, 3.63) is 59.7 Å². The standard InChI is InChI=1S/C21H24N2O4/c1-15-3-7-19(8-4-15)26-14-21(24)22-13-20-12-17(23-27-20)11-16-5-9-18(25-2)10-6-16/h3-10,20H,11-14H2,1-2H3,(H,22,24)/t20-/m0/s1. The molecular weight excluding hydrogens is 344 g/mol. The van der Waals surface area contributed by atoms with Gasteiger partial charge in [-0.1, -0.05) is 35.0 Å². The zero-order valence-corrected chi connectivity index (χ0v) is 15.6. The van der Waals surface area contributed by atoms with Crippen molar-refractivity contribution in [2.24, 2.45) is 5.16 Å². The van der Waals surface area contributed by atoms with Gasteiger partial charge in [-0.15, -0.1) is 0 Å². The summed E-state index contributed by atoms with van der Waals surface area (Å²) >= 11 is 0. The topological polar surface area (TPSA) is 69.2 Å². The van der Waals surface area contributed by atoms with Crippen LogP contribution in [0.3, 0.4) is 0 Å². The number of hydrogen-bond acceptors (Lipinski definition) is 5. The second kappa shape index (κ2) is 9.07. The Hall–Kier alpha value is -3.02. The molecule has 3 rings (SSSR count). The smallest absolute Gasteiger partial charge is 0.258 e. The van der Waals surface area contributed by atoms with Crippen molar-refractivity contribution in [2.75, 3.05) is 20.3 Å². The number of aryl methyl sites for hydroxylation is 1. The van der Waals surface area contributed by atoms with Gasteiger partial charge < -0.3 is 19.6 Å². The Morgan fingerprint density at radius 1 is 1.15 bits per heavy atom. The molecule has 1 amide bonds. The van der Waals surface area contributed by atoms with E-state index in [0.29, 0.717) is 18.7 Å². The van der Waals surface area contributed by atoms with E-state index in [4.69, 9.17) is 14.3 Å². The zero-order chi connectivity index (χ0) is 19.1. The highest BCUT2D eigenvalue weighted by Gasteiger charge is 2.21. The van der Waals surface area contributed by atoms with E-state index in [9.17, 15) is 4.79 Å². The Morgan fingerprint density at radius 3 is 2.56 bits per heavy atom. The van der Waals surface area contributed by atoms with Crippen LogP contribution in [-0.4, -0.2) is 38.0 Å². The van der Waals surface area contributed by atoms with E-state index in [1.165, 1.54) is 0 Å². The fourth-order valence-electron chi connectivity index (χ4n) is 2.74. The molecule has 0 radical (unpaired) electrons. The molecule has 2 aromatic carbocycles. The number of benzene rings is 2. The predicted molar refractivity (Wildman–Crippen MR) is 103 cm³/mol. The number of carbonyl (C=O) groups is 1. The van der Waals surface area contributed by atoms with E-state index in [1.807, 2.05) is 55.5 Å². The van der Waals surface area contributed by atoms with Crippen molar-refractivity contribution in [1.29, 1.82) is 0 Å². The fraction of sp³-hybridized carbons (Fsp3) is 0.333. The van der Waals surface area contributed by atoms with Crippen molar-refractivity contribution in [3.63, 3.8) is 0 Å². The number of hydrogen-bond donors (Lipinski definition) is 1. The molecule has 6 heteroatoms. The van der Waals surface area contributed by atoms with Crippen LogP contribution in [0.15, 0.2) is 53.7 Å². The summed E-state index contributed by atoms with van der Waals surface area (Å²) in [6.45, 7) is 2.39. The van der Waals surface area contributed by atoms with Gasteiger partial charge >= 0.3 is 0 Å². The second-order valence-corrected chi connectivity index (χ2v) is 6.52. The SMILES string of the molecule is COc1ccc(CC2=NO[C@H](CNC(=O)COc3ccc(C)cc3)C2)cc1. The number of methoxy groups -OCH3 is 1. The average molecular weight is 368 g/mol. The molecule has 1 atom stereocenters. The molecule has 0 unspecified atom stereocenters. The van der Waals surface area contributed by atoms with E-state index in [0.717, 1.165) is 29.0 Å². The monoisotopic (exact) mass is 368 g/mol. The Labute approximate surface area is 159 Å². The molecule has 2 aromatic rings. The van der Waals surface area contributed by atoms with Gasteiger partial charge in [0.05, 0.1) is 19.4 Å². The van der Waals surface area contributed by atoms with Crippen molar-refractivity contribution in [2.45, 2.75) is 25.9 Å². The average Bonchev–Trinajstić information content (AvgIpc) is 3.14. The lowest BCUT2D eigenvalue weighted by molar-refractivity contribution is -0.123. The molecule has 1 N–H and O–H groups in total. The van der Waals surface area contributed by atoms with E-state index >= 15 is 0 Å². The highest BCUT2D eigenvalue weighted by molar-refractivity contribution is 5.87. The molecule has 0 aromatic heterocycles. The third-order valence-corrected chi connectivity index (χ3v) is 4.28. The minimum absolute atomic E-state index is 0.0185. The van der Waals surface area contributed by atoms with Gasteiger partial charge in [-0.25, -0.2) is 0 Å². The van der Waals surface area contributed by atoms with Crippen LogP contribution in [0.1, 0.15) is 17.5 Å². The van der Waals surface area contributed by atoms with Gasteiger partial charge in [0.15, 0.2) is 6.61 Å². The van der Waals surface area contributed by atoms with Gasteiger partial charge in [0.2, 0.25) is 0 Å². The third kappa shape index (κ3) is 5.74. The Morgan fingerprint density at radius 2 is 1.85 bits per heavy atom. The van der Waals surface area contributed by atoms with Crippen molar-refractivity contribution in [1.82, 2.24) is 5.32 Å². The first-order valence-electron chi connectivity index (χ1n) is 8.93. The van der Waals surface area contributed by atoms with Gasteiger partial charge in [-0.2, -0.15) is 0 Å². The number of oxime groups is 1. The first-order valence-corrected chi connectivity index (χ1v) is 8.93. The first kappa shape index (κ1) is 18.8. The molecule has 0 aliphatic carbocycles. The summed E-state index contributed by atoms with van der Waals surface area (Å²) in [6, 6.07) is 15.5. The van der Waals surface area contributed by atoms with E-state index in [-0.39, 0.29) is 18.6 Å². The summed E-state index contributed by atoms with van der Waals surface area (Å²) in [7, 11) is 1.65. The lowest BCUT2D eigenvalue weighted by Crippen LogP contribution is -2.35. The van der Waals surface area contributed by atoms with Gasteiger partial charge in [0, 0.05) is 12.8 Å². The number of nitrogens with one attached hydrogen (secondary N) is 1. The van der Waals surface area contributed by atoms with E-state index in [1.54, 1.807) is 7.11 Å². The molecule has 0 fully saturated rings. The largest absolute Gasteiger partial charge is 0.497 e. The van der Waals surface area contributed by atoms with Crippen LogP contribution < -0.4 is 14.8 Å². The maximum atomic E-state index is 11.9. The maximum Gasteiger partial charge on any atom is 0.258 e. The summed E-state index contributed by atoms with van der Waals surface area (Å²) in [5, 5.41) is 6.96. The Balaban J connectivity index is 1.36. The fourth-order valence-corrected chi connectivity index (χ4v) is 2.74. The van der Waals surface area contributed by atoms with Gasteiger partial charge in [-0.05, 0) is 36.8 Å². The molecule has 0 bridgehead atoms. The van der Waals surface area contributed by atoms with Crippen LogP contribution in [0.2, 0.25) is 0 Å². The number of amides is 1. The lowest BCUT2D eigenvalue weighted by atomic mass is 10.0. The molecule has 0 saturated carbocycles. The Kier molecular flexibility index (Phi) is 6.30. The first-order chi connectivity index (χ1) is 13.1. The van der Waals surface area contributed by atoms with Gasteiger partial charge in [-0.3, -0.25) is 4.79 Å². The highest BCUT2D eigenvalue weighted by atomic mass is 16.6. The van der Waals surface area contributed by atoms with Crippen LogP contribution in [0, 0.1) is 6.92 Å². The molecule has 0 spiro atoms. The minimum Gasteiger partial charge on any atom is -0.497 e. The quantitative estimate of drug-likeness (QED) is 0.778. The van der Waals surface area contributed by atoms with Gasteiger partial charge in [0.25, 0.3) is 5.91 Å². The lowest BCUT2D eigenvalue weighted by Gasteiger charge is -2.11. The molecule has 27 heavy (non-hydrogen) atoms. The number of nitrogens with zero attached hydrogens (tertiary/aromatic N) is 1. The minimum atomic E-state index is -0.178. The van der Waals surface area contributed by atoms with Crippen molar-refractivity contribution in [3.8, 4) is 11.5 Å². The summed E-state index contributed by atoms with van der Waals surface area (Å²) < 4.78 is 10.6. The molecule has 1 heterocycles. The summed E-state index contributed by atoms with van der Waals surface area (Å²) in [4.78, 5) is 17.3. The number of ether oxygens (including phenoxy) is 2. The molecule has 142 valence electrons. The second-order valence-electron chi connectivity index (χ2n) is 6.52. The summed E-state index contributed by atoms with van der Waals surface area (Å²) in [5.74, 6) is 1.33. The molecule has 6 nitrogen and oxygen atoms in total. The normalized spacial score (nSPS) is 15.6. The van der Waals surface area contributed by atoms with Gasteiger partial charge in [0.1, 0.15) is 17.6 Å². The van der Waals surface area contributed by atoms with Crippen LogP contribution in [0.4, 0.5) is 0 Å². The van der Waals surface area contributed by atoms with Crippen LogP contribution in [0.25, 0.3) is 0 Å². The van der Waals surface area contributed by atoms with Crippen LogP contribution in [-0.2, 0) is 16.1 Å². The molecule has 1 aliphatic heterocycles. The molecule has 0 saturated heterocycles. The highest BCUT2D eigenvalue weighted by Crippen LogP contribution is 2.17. The van der Waals surface area contributed by atoms with E-state index < -0.39 is 0 Å². The summed E-state index contributed by atoms with van der Waals surface area (Å²) in [6.07, 6.45) is 1.29. The molecular formula is C21H24N2O4. The van der Waals surface area contributed by atoms with E-state index in [2.05, 4.69) is 10.5 Å². The zero-order valence-electron chi connectivity index (χ0n) is 15.6. The van der Waals surface area contributed by atoms with Crippen LogP contribution >= 0.6 is 0 Å².